The van der Waals surface area contributed by atoms with Gasteiger partial charge in [-0.2, -0.15) is 0 Å². The first-order chi connectivity index (χ1) is 12.0. The average Bonchev–Trinajstić information content (AvgIpc) is 2.61. The van der Waals surface area contributed by atoms with Crippen molar-refractivity contribution in [3.63, 3.8) is 0 Å². The number of ether oxygens (including phenoxy) is 1. The lowest BCUT2D eigenvalue weighted by atomic mass is 10.1. The van der Waals surface area contributed by atoms with Crippen LogP contribution in [0.2, 0.25) is 0 Å². The van der Waals surface area contributed by atoms with Crippen LogP contribution in [0.25, 0.3) is 0 Å². The quantitative estimate of drug-likeness (QED) is 0.747. The molecule has 2 aromatic rings. The van der Waals surface area contributed by atoms with Crippen molar-refractivity contribution < 1.29 is 9.53 Å². The Hall–Kier alpha value is -2.33. The van der Waals surface area contributed by atoms with Crippen LogP contribution in [0.4, 0.5) is 0 Å². The monoisotopic (exact) mass is 340 g/mol. The summed E-state index contributed by atoms with van der Waals surface area (Å²) in [6.45, 7) is 6.68. The number of carbonyl (C=O) groups excluding carboxylic acids is 1. The SMILES string of the molecule is CNC(=O)c1ccc(CN(C)CCCOc2cc(C)ccc2C)cc1. The molecule has 0 aliphatic carbocycles. The number of amides is 1. The Labute approximate surface area is 150 Å². The van der Waals surface area contributed by atoms with E-state index in [9.17, 15) is 4.79 Å². The van der Waals surface area contributed by atoms with Crippen LogP contribution in [0.3, 0.4) is 0 Å². The lowest BCUT2D eigenvalue weighted by Crippen LogP contribution is -2.21. The highest BCUT2D eigenvalue weighted by molar-refractivity contribution is 5.93. The molecule has 0 unspecified atom stereocenters. The average molecular weight is 340 g/mol. The third-order valence-electron chi connectivity index (χ3n) is 4.18. The van der Waals surface area contributed by atoms with Crippen molar-refractivity contribution in [2.75, 3.05) is 27.2 Å². The van der Waals surface area contributed by atoms with Crippen LogP contribution in [0.15, 0.2) is 42.5 Å². The molecule has 0 aliphatic heterocycles. The summed E-state index contributed by atoms with van der Waals surface area (Å²) in [5.41, 5.74) is 4.29. The van der Waals surface area contributed by atoms with E-state index in [2.05, 4.69) is 49.3 Å². The van der Waals surface area contributed by atoms with Gasteiger partial charge in [0.1, 0.15) is 5.75 Å². The van der Waals surface area contributed by atoms with Gasteiger partial charge in [0.05, 0.1) is 6.61 Å². The minimum absolute atomic E-state index is 0.0523. The van der Waals surface area contributed by atoms with E-state index in [-0.39, 0.29) is 5.91 Å². The Morgan fingerprint density at radius 1 is 1.12 bits per heavy atom. The summed E-state index contributed by atoms with van der Waals surface area (Å²) in [5.74, 6) is 0.927. The molecular weight excluding hydrogens is 312 g/mol. The molecule has 0 aromatic heterocycles. The van der Waals surface area contributed by atoms with Gasteiger partial charge in [0.15, 0.2) is 0 Å². The summed E-state index contributed by atoms with van der Waals surface area (Å²) >= 11 is 0. The third-order valence-corrected chi connectivity index (χ3v) is 4.18. The summed E-state index contributed by atoms with van der Waals surface area (Å²) < 4.78 is 5.90. The molecule has 0 spiro atoms. The number of nitrogens with one attached hydrogen (secondary N) is 1. The van der Waals surface area contributed by atoms with Crippen LogP contribution in [-0.2, 0) is 6.54 Å². The van der Waals surface area contributed by atoms with Gasteiger partial charge in [-0.05, 0) is 62.2 Å². The maximum absolute atomic E-state index is 11.5. The molecule has 0 heterocycles. The fraction of sp³-hybridized carbons (Fsp3) is 0.381. The molecule has 1 amide bonds. The highest BCUT2D eigenvalue weighted by atomic mass is 16.5. The fourth-order valence-corrected chi connectivity index (χ4v) is 2.68. The van der Waals surface area contributed by atoms with Gasteiger partial charge in [0.25, 0.3) is 5.91 Å². The highest BCUT2D eigenvalue weighted by Crippen LogP contribution is 2.19. The molecule has 0 atom stereocenters. The van der Waals surface area contributed by atoms with Gasteiger partial charge in [-0.15, -0.1) is 0 Å². The van der Waals surface area contributed by atoms with Crippen LogP contribution < -0.4 is 10.1 Å². The minimum atomic E-state index is -0.0523. The first-order valence-corrected chi connectivity index (χ1v) is 8.69. The zero-order valence-electron chi connectivity index (χ0n) is 15.6. The van der Waals surface area contributed by atoms with E-state index in [4.69, 9.17) is 4.74 Å². The largest absolute Gasteiger partial charge is 0.493 e. The first-order valence-electron chi connectivity index (χ1n) is 8.69. The van der Waals surface area contributed by atoms with Gasteiger partial charge in [-0.1, -0.05) is 24.3 Å². The van der Waals surface area contributed by atoms with Crippen LogP contribution in [0.5, 0.6) is 5.75 Å². The summed E-state index contributed by atoms with van der Waals surface area (Å²) in [6, 6.07) is 14.0. The molecule has 0 radical (unpaired) electrons. The number of carbonyl (C=O) groups is 1. The predicted octanol–water partition coefficient (Wildman–Crippen LogP) is 3.56. The molecule has 4 heteroatoms. The Bertz CT molecular complexity index is 696. The standard InChI is InChI=1S/C21H28N2O2/c1-16-6-7-17(2)20(14-16)25-13-5-12-23(4)15-18-8-10-19(11-9-18)21(24)22-3/h6-11,14H,5,12-13,15H2,1-4H3,(H,22,24). The molecule has 2 aromatic carbocycles. The topological polar surface area (TPSA) is 41.6 Å². The second-order valence-corrected chi connectivity index (χ2v) is 6.48. The van der Waals surface area contributed by atoms with Crippen molar-refractivity contribution in [3.05, 3.63) is 64.7 Å². The molecule has 25 heavy (non-hydrogen) atoms. The predicted molar refractivity (Wildman–Crippen MR) is 102 cm³/mol. The number of aryl methyl sites for hydroxylation is 2. The van der Waals surface area contributed by atoms with Gasteiger partial charge in [0, 0.05) is 25.7 Å². The number of hydrogen-bond acceptors (Lipinski definition) is 3. The van der Waals surface area contributed by atoms with Gasteiger partial charge >= 0.3 is 0 Å². The molecule has 2 rings (SSSR count). The number of rotatable bonds is 8. The molecule has 4 nitrogen and oxygen atoms in total. The van der Waals surface area contributed by atoms with Gasteiger partial charge < -0.3 is 15.0 Å². The Balaban J connectivity index is 1.74. The van der Waals surface area contributed by atoms with Crippen molar-refractivity contribution >= 4 is 5.91 Å². The second kappa shape index (κ2) is 9.23. The van der Waals surface area contributed by atoms with Crippen molar-refractivity contribution in [1.82, 2.24) is 10.2 Å². The molecule has 134 valence electrons. The molecule has 0 fully saturated rings. The zero-order valence-corrected chi connectivity index (χ0v) is 15.6. The Morgan fingerprint density at radius 2 is 1.84 bits per heavy atom. The molecule has 1 N–H and O–H groups in total. The van der Waals surface area contributed by atoms with Crippen molar-refractivity contribution in [2.45, 2.75) is 26.8 Å². The summed E-state index contributed by atoms with van der Waals surface area (Å²) in [4.78, 5) is 13.8. The van der Waals surface area contributed by atoms with Crippen LogP contribution in [-0.4, -0.2) is 38.1 Å². The lowest BCUT2D eigenvalue weighted by molar-refractivity contribution is 0.0963. The molecular formula is C21H28N2O2. The van der Waals surface area contributed by atoms with Crippen molar-refractivity contribution in [2.24, 2.45) is 0 Å². The van der Waals surface area contributed by atoms with Gasteiger partial charge in [-0.3, -0.25) is 4.79 Å². The first kappa shape index (κ1) is 19.0. The molecule has 0 aliphatic rings. The van der Waals surface area contributed by atoms with Gasteiger partial charge in [0.2, 0.25) is 0 Å². The Kier molecular flexibility index (Phi) is 7.02. The normalized spacial score (nSPS) is 10.8. The second-order valence-electron chi connectivity index (χ2n) is 6.48. The maximum Gasteiger partial charge on any atom is 0.251 e. The highest BCUT2D eigenvalue weighted by Gasteiger charge is 2.05. The molecule has 0 saturated heterocycles. The number of benzene rings is 2. The summed E-state index contributed by atoms with van der Waals surface area (Å²) in [5, 5.41) is 2.63. The lowest BCUT2D eigenvalue weighted by Gasteiger charge is -2.17. The van der Waals surface area contributed by atoms with E-state index < -0.39 is 0 Å². The van der Waals surface area contributed by atoms with E-state index in [0.717, 1.165) is 25.3 Å². The fourth-order valence-electron chi connectivity index (χ4n) is 2.68. The summed E-state index contributed by atoms with van der Waals surface area (Å²) in [7, 11) is 3.74. The molecule has 0 bridgehead atoms. The molecule has 0 saturated carbocycles. The Morgan fingerprint density at radius 3 is 2.52 bits per heavy atom. The maximum atomic E-state index is 11.5. The van der Waals surface area contributed by atoms with E-state index >= 15 is 0 Å². The summed E-state index contributed by atoms with van der Waals surface area (Å²) in [6.07, 6.45) is 0.972. The van der Waals surface area contributed by atoms with Crippen molar-refractivity contribution in [3.8, 4) is 5.75 Å². The third kappa shape index (κ3) is 5.91. The zero-order chi connectivity index (χ0) is 18.2. The van der Waals surface area contributed by atoms with E-state index in [0.29, 0.717) is 12.2 Å². The smallest absolute Gasteiger partial charge is 0.251 e. The van der Waals surface area contributed by atoms with Crippen LogP contribution in [0.1, 0.15) is 33.5 Å². The van der Waals surface area contributed by atoms with Crippen molar-refractivity contribution in [1.29, 1.82) is 0 Å². The van der Waals surface area contributed by atoms with E-state index in [1.807, 2.05) is 24.3 Å². The number of hydrogen-bond donors (Lipinski definition) is 1. The van der Waals surface area contributed by atoms with Crippen LogP contribution in [0, 0.1) is 13.8 Å². The minimum Gasteiger partial charge on any atom is -0.493 e. The van der Waals surface area contributed by atoms with Crippen LogP contribution >= 0.6 is 0 Å². The van der Waals surface area contributed by atoms with E-state index in [1.54, 1.807) is 7.05 Å². The number of nitrogens with zero attached hydrogens (tertiary/aromatic N) is 1. The van der Waals surface area contributed by atoms with E-state index in [1.165, 1.54) is 16.7 Å². The van der Waals surface area contributed by atoms with Gasteiger partial charge in [-0.25, -0.2) is 0 Å².